The fraction of sp³-hybridized carbons (Fsp3) is 0.211. The van der Waals surface area contributed by atoms with Gasteiger partial charge in [-0.2, -0.15) is 5.26 Å². The van der Waals surface area contributed by atoms with Crippen LogP contribution in [-0.2, 0) is 9.59 Å². The first-order valence-electron chi connectivity index (χ1n) is 7.95. The zero-order chi connectivity index (χ0) is 18.0. The maximum Gasteiger partial charge on any atom is 0.247 e. The van der Waals surface area contributed by atoms with Crippen LogP contribution < -0.4 is 16.0 Å². The Morgan fingerprint density at radius 2 is 1.88 bits per heavy atom. The number of hydrogen-bond donors (Lipinski definition) is 3. The van der Waals surface area contributed by atoms with Crippen molar-refractivity contribution >= 4 is 28.9 Å². The second-order valence-electron chi connectivity index (χ2n) is 6.08. The van der Waals surface area contributed by atoms with Crippen molar-refractivity contribution in [1.29, 1.82) is 5.26 Å². The lowest BCUT2D eigenvalue weighted by atomic mass is 10.0. The van der Waals surface area contributed by atoms with E-state index in [4.69, 9.17) is 5.26 Å². The van der Waals surface area contributed by atoms with Gasteiger partial charge < -0.3 is 16.0 Å². The van der Waals surface area contributed by atoms with Crippen LogP contribution >= 0.6 is 0 Å². The molecular weight excluding hydrogens is 316 g/mol. The summed E-state index contributed by atoms with van der Waals surface area (Å²) in [5.41, 5.74) is 4.54. The van der Waals surface area contributed by atoms with Crippen LogP contribution in [0.4, 0.5) is 17.1 Å². The molecule has 0 saturated carbocycles. The van der Waals surface area contributed by atoms with E-state index >= 15 is 0 Å². The Balaban J connectivity index is 1.72. The molecule has 0 bridgehead atoms. The van der Waals surface area contributed by atoms with Gasteiger partial charge in [0.2, 0.25) is 11.8 Å². The average Bonchev–Trinajstić information content (AvgIpc) is 2.58. The molecule has 126 valence electrons. The number of nitriles is 1. The van der Waals surface area contributed by atoms with E-state index in [2.05, 4.69) is 16.0 Å². The van der Waals surface area contributed by atoms with E-state index in [1.165, 1.54) is 0 Å². The van der Waals surface area contributed by atoms with Crippen LogP contribution in [0.3, 0.4) is 0 Å². The van der Waals surface area contributed by atoms with Gasteiger partial charge >= 0.3 is 0 Å². The fourth-order valence-electron chi connectivity index (χ4n) is 2.73. The largest absolute Gasteiger partial charge is 0.372 e. The molecule has 0 saturated heterocycles. The van der Waals surface area contributed by atoms with Crippen LogP contribution in [0.1, 0.15) is 23.1 Å². The molecule has 0 aliphatic carbocycles. The van der Waals surface area contributed by atoms with Crippen LogP contribution in [0.2, 0.25) is 0 Å². The fourth-order valence-corrected chi connectivity index (χ4v) is 2.73. The Kier molecular flexibility index (Phi) is 4.40. The number of fused-ring (bicyclic) bond motifs is 1. The summed E-state index contributed by atoms with van der Waals surface area (Å²) in [6.45, 7) is 3.97. The van der Waals surface area contributed by atoms with E-state index in [-0.39, 0.29) is 18.2 Å². The summed E-state index contributed by atoms with van der Waals surface area (Å²) < 4.78 is 0. The summed E-state index contributed by atoms with van der Waals surface area (Å²) in [6.07, 6.45) is -0.0298. The minimum Gasteiger partial charge on any atom is -0.372 e. The first-order chi connectivity index (χ1) is 12.0. The normalized spacial score (nSPS) is 15.4. The molecule has 6 heteroatoms. The topological polar surface area (TPSA) is 94.0 Å². The van der Waals surface area contributed by atoms with Crippen molar-refractivity contribution in [2.45, 2.75) is 26.3 Å². The van der Waals surface area contributed by atoms with Gasteiger partial charge in [0.25, 0.3) is 0 Å². The van der Waals surface area contributed by atoms with Crippen molar-refractivity contribution in [2.24, 2.45) is 0 Å². The number of nitrogens with one attached hydrogen (secondary N) is 3. The second-order valence-corrected chi connectivity index (χ2v) is 6.08. The number of carbonyl (C=O) groups excluding carboxylic acids is 2. The highest BCUT2D eigenvalue weighted by Gasteiger charge is 2.28. The first kappa shape index (κ1) is 16.5. The summed E-state index contributed by atoms with van der Waals surface area (Å²) in [5, 5.41) is 17.7. The number of aryl methyl sites for hydroxylation is 2. The Morgan fingerprint density at radius 1 is 1.20 bits per heavy atom. The monoisotopic (exact) mass is 334 g/mol. The number of nitrogens with zero attached hydrogens (tertiary/aromatic N) is 1. The van der Waals surface area contributed by atoms with Gasteiger partial charge in [-0.05, 0) is 49.2 Å². The van der Waals surface area contributed by atoms with Crippen molar-refractivity contribution in [1.82, 2.24) is 0 Å². The molecule has 1 atom stereocenters. The predicted octanol–water partition coefficient (Wildman–Crippen LogP) is 2.94. The third-order valence-electron chi connectivity index (χ3n) is 4.25. The number of anilines is 3. The maximum absolute atomic E-state index is 12.3. The zero-order valence-electron chi connectivity index (χ0n) is 14.0. The van der Waals surface area contributed by atoms with Crippen molar-refractivity contribution in [3.8, 4) is 6.07 Å². The van der Waals surface area contributed by atoms with Gasteiger partial charge in [-0.15, -0.1) is 0 Å². The molecule has 2 aromatic rings. The summed E-state index contributed by atoms with van der Waals surface area (Å²) in [5.74, 6) is -0.581. The Labute approximate surface area is 145 Å². The minimum atomic E-state index is -0.663. The average molecular weight is 334 g/mol. The Morgan fingerprint density at radius 3 is 2.60 bits per heavy atom. The standard InChI is InChI=1S/C19H18N4O2/c1-11-7-15-16(8-12(11)2)23-19(25)17(21-15)9-18(24)22-14-6-4-3-5-13(14)10-20/h3-8,17,21H,9H2,1-2H3,(H,22,24)(H,23,25)/t17-/m1/s1. The summed E-state index contributed by atoms with van der Waals surface area (Å²) in [7, 11) is 0. The van der Waals surface area contributed by atoms with Crippen LogP contribution in [0.15, 0.2) is 36.4 Å². The van der Waals surface area contributed by atoms with E-state index in [9.17, 15) is 9.59 Å². The Bertz CT molecular complexity index is 899. The molecule has 0 aromatic heterocycles. The first-order valence-corrected chi connectivity index (χ1v) is 7.95. The third kappa shape index (κ3) is 3.45. The third-order valence-corrected chi connectivity index (χ3v) is 4.25. The predicted molar refractivity (Wildman–Crippen MR) is 96.4 cm³/mol. The van der Waals surface area contributed by atoms with Crippen molar-refractivity contribution < 1.29 is 9.59 Å². The quantitative estimate of drug-likeness (QED) is 0.804. The van der Waals surface area contributed by atoms with E-state index in [1.54, 1.807) is 24.3 Å². The molecular formula is C19H18N4O2. The van der Waals surface area contributed by atoms with Gasteiger partial charge in [0.05, 0.1) is 29.0 Å². The number of para-hydroxylation sites is 1. The molecule has 3 N–H and O–H groups in total. The molecule has 1 aliphatic heterocycles. The Hall–Kier alpha value is -3.33. The highest BCUT2D eigenvalue weighted by Crippen LogP contribution is 2.30. The van der Waals surface area contributed by atoms with Gasteiger partial charge in [0, 0.05) is 0 Å². The van der Waals surface area contributed by atoms with Crippen molar-refractivity contribution in [3.05, 3.63) is 53.1 Å². The molecule has 1 heterocycles. The van der Waals surface area contributed by atoms with Crippen LogP contribution in [-0.4, -0.2) is 17.9 Å². The van der Waals surface area contributed by atoms with E-state index in [0.717, 1.165) is 22.5 Å². The number of hydrogen-bond acceptors (Lipinski definition) is 4. The van der Waals surface area contributed by atoms with Crippen LogP contribution in [0.25, 0.3) is 0 Å². The number of benzene rings is 2. The highest BCUT2D eigenvalue weighted by molar-refractivity contribution is 6.06. The molecule has 25 heavy (non-hydrogen) atoms. The van der Waals surface area contributed by atoms with Crippen molar-refractivity contribution in [2.75, 3.05) is 16.0 Å². The van der Waals surface area contributed by atoms with Gasteiger partial charge in [-0.25, -0.2) is 0 Å². The van der Waals surface area contributed by atoms with Gasteiger partial charge in [-0.3, -0.25) is 9.59 Å². The molecule has 3 rings (SSSR count). The molecule has 0 spiro atoms. The number of carbonyl (C=O) groups is 2. The zero-order valence-corrected chi connectivity index (χ0v) is 14.0. The smallest absolute Gasteiger partial charge is 0.247 e. The summed E-state index contributed by atoms with van der Waals surface area (Å²) in [4.78, 5) is 24.5. The second kappa shape index (κ2) is 6.65. The number of rotatable bonds is 3. The lowest BCUT2D eigenvalue weighted by Crippen LogP contribution is -2.41. The molecule has 2 amide bonds. The maximum atomic E-state index is 12.3. The number of amides is 2. The van der Waals surface area contributed by atoms with Gasteiger partial charge in [-0.1, -0.05) is 12.1 Å². The lowest BCUT2D eigenvalue weighted by Gasteiger charge is -2.27. The highest BCUT2D eigenvalue weighted by atomic mass is 16.2. The summed E-state index contributed by atoms with van der Waals surface area (Å²) >= 11 is 0. The van der Waals surface area contributed by atoms with Crippen LogP contribution in [0, 0.1) is 25.2 Å². The van der Waals surface area contributed by atoms with E-state index in [1.807, 2.05) is 32.0 Å². The molecule has 0 unspecified atom stereocenters. The SMILES string of the molecule is Cc1cc2c(cc1C)N[C@H](CC(=O)Nc1ccccc1C#N)C(=O)N2. The molecule has 1 aliphatic rings. The van der Waals surface area contributed by atoms with Gasteiger partial charge in [0.1, 0.15) is 12.1 Å². The molecule has 2 aromatic carbocycles. The lowest BCUT2D eigenvalue weighted by molar-refractivity contribution is -0.122. The molecule has 0 radical (unpaired) electrons. The van der Waals surface area contributed by atoms with Crippen LogP contribution in [0.5, 0.6) is 0 Å². The van der Waals surface area contributed by atoms with E-state index in [0.29, 0.717) is 11.3 Å². The minimum absolute atomic E-state index is 0.0298. The summed E-state index contributed by atoms with van der Waals surface area (Å²) in [6, 6.07) is 12.0. The van der Waals surface area contributed by atoms with Gasteiger partial charge in [0.15, 0.2) is 0 Å². The molecule has 0 fully saturated rings. The molecule has 6 nitrogen and oxygen atoms in total. The van der Waals surface area contributed by atoms with Crippen molar-refractivity contribution in [3.63, 3.8) is 0 Å². The van der Waals surface area contributed by atoms with E-state index < -0.39 is 6.04 Å².